The zero-order valence-corrected chi connectivity index (χ0v) is 16.6. The van der Waals surface area contributed by atoms with Gasteiger partial charge >= 0.3 is 0 Å². The summed E-state index contributed by atoms with van der Waals surface area (Å²) in [7, 11) is -3.86. The van der Waals surface area contributed by atoms with Gasteiger partial charge < -0.3 is 10.7 Å². The molecule has 2 aromatic carbocycles. The van der Waals surface area contributed by atoms with E-state index in [1.807, 2.05) is 18.2 Å². The van der Waals surface area contributed by atoms with Crippen molar-refractivity contribution in [1.82, 2.24) is 4.98 Å². The second kappa shape index (κ2) is 7.09. The number of nitrogens with one attached hydrogen (secondary N) is 1. The van der Waals surface area contributed by atoms with Crippen molar-refractivity contribution in [2.75, 3.05) is 6.54 Å². The molecule has 0 spiro atoms. The minimum absolute atomic E-state index is 0.0495. The Morgan fingerprint density at radius 1 is 1.22 bits per heavy atom. The van der Waals surface area contributed by atoms with Crippen LogP contribution in [0.25, 0.3) is 10.9 Å². The lowest BCUT2D eigenvalue weighted by molar-refractivity contribution is 0.266. The molecule has 0 saturated carbocycles. The Bertz CT molecular complexity index is 1070. The lowest BCUT2D eigenvalue weighted by Gasteiger charge is -2.34. The van der Waals surface area contributed by atoms with E-state index in [4.69, 9.17) is 5.73 Å². The van der Waals surface area contributed by atoms with Crippen LogP contribution in [0.15, 0.2) is 58.5 Å². The van der Waals surface area contributed by atoms with Crippen LogP contribution in [-0.4, -0.2) is 19.9 Å². The molecule has 4 nitrogen and oxygen atoms in total. The summed E-state index contributed by atoms with van der Waals surface area (Å²) in [5, 5.41) is 0.655. The van der Waals surface area contributed by atoms with Crippen LogP contribution in [-0.2, 0) is 9.84 Å². The summed E-state index contributed by atoms with van der Waals surface area (Å²) in [6, 6.07) is 10.8. The van der Waals surface area contributed by atoms with Crippen LogP contribution in [0.1, 0.15) is 38.7 Å². The van der Waals surface area contributed by atoms with Gasteiger partial charge in [-0.3, -0.25) is 0 Å². The van der Waals surface area contributed by atoms with Crippen molar-refractivity contribution in [3.05, 3.63) is 60.0 Å². The van der Waals surface area contributed by atoms with Crippen molar-refractivity contribution >= 4 is 20.7 Å². The molecule has 1 aromatic heterocycles. The van der Waals surface area contributed by atoms with Crippen molar-refractivity contribution in [2.45, 2.75) is 42.9 Å². The van der Waals surface area contributed by atoms with E-state index in [9.17, 15) is 12.8 Å². The molecule has 6 heteroatoms. The van der Waals surface area contributed by atoms with Gasteiger partial charge in [-0.25, -0.2) is 12.8 Å². The molecule has 0 aliphatic carbocycles. The number of hydrogen-bond acceptors (Lipinski definition) is 3. The zero-order chi connectivity index (χ0) is 19.8. The Morgan fingerprint density at radius 3 is 2.56 bits per heavy atom. The SMILES string of the molecule is CCC(C)(CN)C(C)c1cccc2[nH]cc(S(=O)(=O)c3cccc(F)c3)c12. The molecule has 3 N–H and O–H groups in total. The van der Waals surface area contributed by atoms with Crippen molar-refractivity contribution < 1.29 is 12.8 Å². The number of sulfone groups is 1. The van der Waals surface area contributed by atoms with E-state index in [-0.39, 0.29) is 21.1 Å². The summed E-state index contributed by atoms with van der Waals surface area (Å²) in [6.45, 7) is 6.78. The average Bonchev–Trinajstić information content (AvgIpc) is 3.12. The summed E-state index contributed by atoms with van der Waals surface area (Å²) < 4.78 is 40.0. The first-order chi connectivity index (χ1) is 12.7. The quantitative estimate of drug-likeness (QED) is 0.647. The molecule has 0 radical (unpaired) electrons. The third-order valence-corrected chi connectivity index (χ3v) is 7.66. The Hall–Kier alpha value is -2.18. The Balaban J connectivity index is 2.25. The fourth-order valence-electron chi connectivity index (χ4n) is 3.52. The van der Waals surface area contributed by atoms with Crippen LogP contribution < -0.4 is 5.73 Å². The minimum atomic E-state index is -3.86. The van der Waals surface area contributed by atoms with Crippen LogP contribution in [0.3, 0.4) is 0 Å². The maximum Gasteiger partial charge on any atom is 0.208 e. The van der Waals surface area contributed by atoms with E-state index in [0.717, 1.165) is 23.6 Å². The highest BCUT2D eigenvalue weighted by atomic mass is 32.2. The number of H-pyrrole nitrogens is 1. The van der Waals surface area contributed by atoms with Gasteiger partial charge in [-0.15, -0.1) is 0 Å². The Kier molecular flexibility index (Phi) is 5.14. The second-order valence-electron chi connectivity index (χ2n) is 7.32. The molecule has 2 unspecified atom stereocenters. The smallest absolute Gasteiger partial charge is 0.208 e. The first-order valence-corrected chi connectivity index (χ1v) is 10.5. The zero-order valence-electron chi connectivity index (χ0n) is 15.8. The van der Waals surface area contributed by atoms with Crippen LogP contribution in [0.2, 0.25) is 0 Å². The highest BCUT2D eigenvalue weighted by Crippen LogP contribution is 2.42. The van der Waals surface area contributed by atoms with E-state index >= 15 is 0 Å². The monoisotopic (exact) mass is 388 g/mol. The number of benzene rings is 2. The van der Waals surface area contributed by atoms with Crippen LogP contribution in [0.5, 0.6) is 0 Å². The van der Waals surface area contributed by atoms with Gasteiger partial charge in [-0.2, -0.15) is 0 Å². The van der Waals surface area contributed by atoms with Crippen molar-refractivity contribution in [1.29, 1.82) is 0 Å². The van der Waals surface area contributed by atoms with E-state index < -0.39 is 15.7 Å². The molecule has 2 atom stereocenters. The summed E-state index contributed by atoms with van der Waals surface area (Å²) in [4.78, 5) is 3.17. The molecule has 0 saturated heterocycles. The number of nitrogens with two attached hydrogens (primary N) is 1. The second-order valence-corrected chi connectivity index (χ2v) is 9.24. The van der Waals surface area contributed by atoms with Crippen molar-refractivity contribution in [3.63, 3.8) is 0 Å². The summed E-state index contributed by atoms with van der Waals surface area (Å²) in [6.07, 6.45) is 2.37. The molecular weight excluding hydrogens is 363 g/mol. The minimum Gasteiger partial charge on any atom is -0.360 e. The summed E-state index contributed by atoms with van der Waals surface area (Å²) in [5.74, 6) is -0.528. The van der Waals surface area contributed by atoms with Crippen LogP contribution in [0.4, 0.5) is 4.39 Å². The molecule has 3 aromatic rings. The summed E-state index contributed by atoms with van der Waals surface area (Å²) >= 11 is 0. The fraction of sp³-hybridized carbons (Fsp3) is 0.333. The number of rotatable bonds is 6. The number of halogens is 1. The molecular formula is C21H25FN2O2S. The third kappa shape index (κ3) is 3.28. The molecule has 3 rings (SSSR count). The van der Waals surface area contributed by atoms with Gasteiger partial charge in [-0.05, 0) is 54.1 Å². The van der Waals surface area contributed by atoms with Crippen molar-refractivity contribution in [3.8, 4) is 0 Å². The number of aromatic nitrogens is 1. The van der Waals surface area contributed by atoms with Gasteiger partial charge in [0, 0.05) is 17.1 Å². The lowest BCUT2D eigenvalue weighted by Crippen LogP contribution is -2.32. The lowest BCUT2D eigenvalue weighted by atomic mass is 9.72. The average molecular weight is 389 g/mol. The first-order valence-electron chi connectivity index (χ1n) is 9.05. The molecule has 1 heterocycles. The van der Waals surface area contributed by atoms with Crippen LogP contribution >= 0.6 is 0 Å². The maximum absolute atomic E-state index is 13.6. The third-order valence-electron chi connectivity index (χ3n) is 5.88. The molecule has 144 valence electrons. The normalized spacial score (nSPS) is 15.6. The van der Waals surface area contributed by atoms with E-state index in [1.54, 1.807) is 0 Å². The Labute approximate surface area is 159 Å². The van der Waals surface area contributed by atoms with Crippen molar-refractivity contribution in [2.24, 2.45) is 11.1 Å². The summed E-state index contributed by atoms with van der Waals surface area (Å²) in [5.41, 5.74) is 7.55. The number of fused-ring (bicyclic) bond motifs is 1. The number of aromatic amines is 1. The van der Waals surface area contributed by atoms with E-state index in [1.165, 1.54) is 24.4 Å². The highest BCUT2D eigenvalue weighted by molar-refractivity contribution is 7.91. The van der Waals surface area contributed by atoms with E-state index in [2.05, 4.69) is 25.8 Å². The van der Waals surface area contributed by atoms with Gasteiger partial charge in [0.1, 0.15) is 5.82 Å². The van der Waals surface area contributed by atoms with Gasteiger partial charge in [0.2, 0.25) is 9.84 Å². The topological polar surface area (TPSA) is 76.0 Å². The standard InChI is InChI=1S/C21H25FN2O2S/c1-4-21(3,13-23)14(2)17-9-6-10-18-20(17)19(12-24-18)27(25,26)16-8-5-7-15(22)11-16/h5-12,14,24H,4,13,23H2,1-3H3. The first kappa shape index (κ1) is 19.6. The van der Waals surface area contributed by atoms with Crippen LogP contribution in [0, 0.1) is 11.2 Å². The predicted octanol–water partition coefficient (Wildman–Crippen LogP) is 4.62. The van der Waals surface area contributed by atoms with Gasteiger partial charge in [0.25, 0.3) is 0 Å². The maximum atomic E-state index is 13.6. The highest BCUT2D eigenvalue weighted by Gasteiger charge is 2.32. The van der Waals surface area contributed by atoms with E-state index in [0.29, 0.717) is 11.9 Å². The molecule has 0 aliphatic rings. The molecule has 27 heavy (non-hydrogen) atoms. The predicted molar refractivity (Wildman–Crippen MR) is 106 cm³/mol. The molecule has 0 aliphatic heterocycles. The molecule has 0 fully saturated rings. The fourth-order valence-corrected chi connectivity index (χ4v) is 5.01. The van der Waals surface area contributed by atoms with Gasteiger partial charge in [0.05, 0.1) is 9.79 Å². The van der Waals surface area contributed by atoms with Gasteiger partial charge in [0.15, 0.2) is 0 Å². The largest absolute Gasteiger partial charge is 0.360 e. The van der Waals surface area contributed by atoms with Gasteiger partial charge in [-0.1, -0.05) is 39.0 Å². The molecule has 0 bridgehead atoms. The number of hydrogen-bond donors (Lipinski definition) is 2. The Morgan fingerprint density at radius 2 is 1.93 bits per heavy atom. The molecule has 0 amide bonds.